The van der Waals surface area contributed by atoms with Crippen molar-refractivity contribution in [1.29, 1.82) is 0 Å². The molecular formula is C12H21NO4. The predicted octanol–water partition coefficient (Wildman–Crippen LogP) is 1.06. The maximum atomic E-state index is 11.6. The van der Waals surface area contributed by atoms with Gasteiger partial charge in [-0.05, 0) is 26.2 Å². The number of esters is 1. The molecule has 0 saturated carbocycles. The summed E-state index contributed by atoms with van der Waals surface area (Å²) in [6.45, 7) is 7.21. The van der Waals surface area contributed by atoms with Crippen LogP contribution >= 0.6 is 0 Å². The molecule has 0 spiro atoms. The van der Waals surface area contributed by atoms with Gasteiger partial charge in [-0.3, -0.25) is 9.59 Å². The molecule has 0 unspecified atom stereocenters. The van der Waals surface area contributed by atoms with Crippen LogP contribution < -0.4 is 5.32 Å². The quantitative estimate of drug-likeness (QED) is 0.536. The molecule has 0 aliphatic carbocycles. The van der Waals surface area contributed by atoms with Gasteiger partial charge in [-0.1, -0.05) is 13.8 Å². The molecule has 0 aromatic heterocycles. The summed E-state index contributed by atoms with van der Waals surface area (Å²) < 4.78 is 4.87. The summed E-state index contributed by atoms with van der Waals surface area (Å²) in [5.74, 6) is -0.856. The Morgan fingerprint density at radius 2 is 1.82 bits per heavy atom. The molecule has 0 aromatic rings. The summed E-state index contributed by atoms with van der Waals surface area (Å²) in [7, 11) is 0. The van der Waals surface area contributed by atoms with Gasteiger partial charge in [-0.15, -0.1) is 0 Å². The molecule has 98 valence electrons. The molecule has 0 aliphatic heterocycles. The normalized spacial score (nSPS) is 12.1. The fraction of sp³-hybridized carbons (Fsp3) is 0.750. The second-order valence-corrected chi connectivity index (χ2v) is 4.38. The highest BCUT2D eigenvalue weighted by Gasteiger charge is 2.23. The van der Waals surface area contributed by atoms with E-state index in [0.717, 1.165) is 0 Å². The zero-order chi connectivity index (χ0) is 13.4. The molecule has 0 fully saturated rings. The van der Waals surface area contributed by atoms with Crippen molar-refractivity contribution in [2.24, 2.45) is 5.92 Å². The zero-order valence-corrected chi connectivity index (χ0v) is 10.9. The molecule has 1 N–H and O–H groups in total. The molecule has 0 aromatic carbocycles. The Balaban J connectivity index is 4.42. The second kappa shape index (κ2) is 7.81. The molecule has 0 saturated heterocycles. The Bertz CT molecular complexity index is 286. The van der Waals surface area contributed by atoms with E-state index in [4.69, 9.17) is 4.74 Å². The van der Waals surface area contributed by atoms with E-state index in [0.29, 0.717) is 6.42 Å². The molecule has 0 heterocycles. The number of Topliss-reactive ketones (excluding diaryl/α,β-unsaturated/α-hetero) is 1. The smallest absolute Gasteiger partial charge is 0.328 e. The largest absolute Gasteiger partial charge is 0.464 e. The number of hydrogen-bond donors (Lipinski definition) is 1. The highest BCUT2D eigenvalue weighted by atomic mass is 16.5. The average Bonchev–Trinajstić information content (AvgIpc) is 2.14. The fourth-order valence-corrected chi connectivity index (χ4v) is 1.40. The predicted molar refractivity (Wildman–Crippen MR) is 63.3 cm³/mol. The maximum Gasteiger partial charge on any atom is 0.328 e. The topological polar surface area (TPSA) is 72.5 Å². The molecule has 0 rings (SSSR count). The Kier molecular flexibility index (Phi) is 7.18. The van der Waals surface area contributed by atoms with Crippen LogP contribution in [0, 0.1) is 5.92 Å². The van der Waals surface area contributed by atoms with Crippen LogP contribution in [0.5, 0.6) is 0 Å². The van der Waals surface area contributed by atoms with E-state index >= 15 is 0 Å². The van der Waals surface area contributed by atoms with E-state index in [2.05, 4.69) is 5.32 Å². The van der Waals surface area contributed by atoms with E-state index in [9.17, 15) is 14.4 Å². The van der Waals surface area contributed by atoms with Crippen LogP contribution in [0.1, 0.15) is 40.5 Å². The van der Waals surface area contributed by atoms with Crippen LogP contribution in [-0.4, -0.2) is 30.3 Å². The van der Waals surface area contributed by atoms with E-state index in [1.54, 1.807) is 6.92 Å². The third-order valence-electron chi connectivity index (χ3n) is 2.02. The molecule has 0 radical (unpaired) electrons. The summed E-state index contributed by atoms with van der Waals surface area (Å²) in [5.41, 5.74) is 0. The monoisotopic (exact) mass is 243 g/mol. The van der Waals surface area contributed by atoms with Gasteiger partial charge >= 0.3 is 5.97 Å². The lowest BCUT2D eigenvalue weighted by Crippen LogP contribution is -2.43. The van der Waals surface area contributed by atoms with Gasteiger partial charge in [-0.25, -0.2) is 4.79 Å². The van der Waals surface area contributed by atoms with Crippen LogP contribution in [0.4, 0.5) is 0 Å². The number of rotatable bonds is 7. The van der Waals surface area contributed by atoms with Crippen LogP contribution in [0.2, 0.25) is 0 Å². The van der Waals surface area contributed by atoms with Crippen LogP contribution in [0.25, 0.3) is 0 Å². The summed E-state index contributed by atoms with van der Waals surface area (Å²) in [6.07, 6.45) is 0.302. The molecule has 0 aliphatic rings. The van der Waals surface area contributed by atoms with Gasteiger partial charge in [0.15, 0.2) is 0 Å². The molecule has 0 bridgehead atoms. The number of amides is 1. The van der Waals surface area contributed by atoms with E-state index in [1.165, 1.54) is 6.92 Å². The molecule has 5 nitrogen and oxygen atoms in total. The first kappa shape index (κ1) is 15.6. The van der Waals surface area contributed by atoms with Gasteiger partial charge in [0.2, 0.25) is 5.91 Å². The van der Waals surface area contributed by atoms with Crippen molar-refractivity contribution in [3.8, 4) is 0 Å². The third-order valence-corrected chi connectivity index (χ3v) is 2.02. The molecule has 1 atom stereocenters. The standard InChI is InChI=1S/C12H21NO4/c1-5-17-12(16)10(6-8(2)3)13-11(15)7-9(4)14/h8,10H,5-7H2,1-4H3,(H,13,15)/t10-/m1/s1. The highest BCUT2D eigenvalue weighted by Crippen LogP contribution is 2.06. The minimum atomic E-state index is -0.665. The van der Waals surface area contributed by atoms with Crippen LogP contribution in [0.15, 0.2) is 0 Å². The van der Waals surface area contributed by atoms with E-state index in [1.807, 2.05) is 13.8 Å². The van der Waals surface area contributed by atoms with E-state index in [-0.39, 0.29) is 24.7 Å². The Morgan fingerprint density at radius 1 is 1.24 bits per heavy atom. The number of carbonyl (C=O) groups is 3. The van der Waals surface area contributed by atoms with Crippen LogP contribution in [-0.2, 0) is 19.1 Å². The van der Waals surface area contributed by atoms with E-state index < -0.39 is 17.9 Å². The Hall–Kier alpha value is -1.39. The lowest BCUT2D eigenvalue weighted by molar-refractivity contribution is -0.148. The number of nitrogens with one attached hydrogen (secondary N) is 1. The van der Waals surface area contributed by atoms with Crippen molar-refractivity contribution in [1.82, 2.24) is 5.32 Å². The van der Waals surface area contributed by atoms with Crippen molar-refractivity contribution in [2.75, 3.05) is 6.61 Å². The summed E-state index contributed by atoms with van der Waals surface area (Å²) >= 11 is 0. The van der Waals surface area contributed by atoms with Crippen molar-refractivity contribution in [2.45, 2.75) is 46.6 Å². The number of ketones is 1. The first-order valence-electron chi connectivity index (χ1n) is 5.82. The molecule has 1 amide bonds. The summed E-state index contributed by atoms with van der Waals surface area (Å²) in [6, 6.07) is -0.665. The van der Waals surface area contributed by atoms with Gasteiger partial charge in [-0.2, -0.15) is 0 Å². The van der Waals surface area contributed by atoms with Crippen molar-refractivity contribution < 1.29 is 19.1 Å². The van der Waals surface area contributed by atoms with Gasteiger partial charge in [0.25, 0.3) is 0 Å². The van der Waals surface area contributed by atoms with Gasteiger partial charge in [0, 0.05) is 0 Å². The fourth-order valence-electron chi connectivity index (χ4n) is 1.40. The zero-order valence-electron chi connectivity index (χ0n) is 10.9. The molecule has 17 heavy (non-hydrogen) atoms. The summed E-state index contributed by atoms with van der Waals surface area (Å²) in [5, 5.41) is 2.53. The minimum absolute atomic E-state index is 0.200. The number of hydrogen-bond acceptors (Lipinski definition) is 4. The molecule has 5 heteroatoms. The summed E-state index contributed by atoms with van der Waals surface area (Å²) in [4.78, 5) is 33.8. The number of carbonyl (C=O) groups excluding carboxylic acids is 3. The van der Waals surface area contributed by atoms with Gasteiger partial charge in [0.05, 0.1) is 13.0 Å². The van der Waals surface area contributed by atoms with Gasteiger partial charge in [0.1, 0.15) is 11.8 Å². The van der Waals surface area contributed by atoms with Crippen LogP contribution in [0.3, 0.4) is 0 Å². The van der Waals surface area contributed by atoms with Crippen molar-refractivity contribution >= 4 is 17.7 Å². The first-order valence-corrected chi connectivity index (χ1v) is 5.82. The van der Waals surface area contributed by atoms with Crippen molar-refractivity contribution in [3.05, 3.63) is 0 Å². The second-order valence-electron chi connectivity index (χ2n) is 4.38. The van der Waals surface area contributed by atoms with Gasteiger partial charge < -0.3 is 10.1 Å². The molecular weight excluding hydrogens is 222 g/mol. The lowest BCUT2D eigenvalue weighted by atomic mass is 10.0. The SMILES string of the molecule is CCOC(=O)[C@@H](CC(C)C)NC(=O)CC(C)=O. The average molecular weight is 243 g/mol. The Labute approximate surface area is 102 Å². The Morgan fingerprint density at radius 3 is 2.24 bits per heavy atom. The maximum absolute atomic E-state index is 11.6. The minimum Gasteiger partial charge on any atom is -0.464 e. The van der Waals surface area contributed by atoms with Crippen molar-refractivity contribution in [3.63, 3.8) is 0 Å². The highest BCUT2D eigenvalue weighted by molar-refractivity contribution is 5.98. The first-order chi connectivity index (χ1) is 7.86. The number of ether oxygens (including phenoxy) is 1. The lowest BCUT2D eigenvalue weighted by Gasteiger charge is -2.18. The third kappa shape index (κ3) is 7.49.